The maximum absolute atomic E-state index is 8.54. The van der Waals surface area contributed by atoms with Crippen LogP contribution < -0.4 is 0 Å². The van der Waals surface area contributed by atoms with E-state index in [0.717, 1.165) is 0 Å². The Bertz CT molecular complexity index is 55.7. The first kappa shape index (κ1) is 9.84. The molecule has 0 aliphatic rings. The van der Waals surface area contributed by atoms with Gasteiger partial charge in [-0.05, 0) is 0 Å². The third-order valence-corrected chi connectivity index (χ3v) is 1.04. The van der Waals surface area contributed by atoms with Crippen molar-refractivity contribution >= 4 is 0 Å². The minimum atomic E-state index is 0.132. The molecular weight excluding hydrogens is 134 g/mol. The van der Waals surface area contributed by atoms with E-state index in [9.17, 15) is 0 Å². The topological polar surface area (TPSA) is 41.9 Å². The third-order valence-electron chi connectivity index (χ3n) is 1.04. The fourth-order valence-corrected chi connectivity index (χ4v) is 0.673. The molecule has 0 spiro atoms. The normalized spacial score (nSPS) is 10.8. The fourth-order valence-electron chi connectivity index (χ4n) is 0.673. The molecule has 0 bridgehead atoms. The van der Waals surface area contributed by atoms with Crippen molar-refractivity contribution in [3.8, 4) is 0 Å². The number of hydrogen-bond donors (Lipinski definition) is 1. The highest BCUT2D eigenvalue weighted by Gasteiger charge is 2.00. The lowest BCUT2D eigenvalue weighted by Crippen LogP contribution is -2.30. The van der Waals surface area contributed by atoms with Crippen LogP contribution >= 0.6 is 0 Å². The second-order valence-corrected chi connectivity index (χ2v) is 1.95. The van der Waals surface area contributed by atoms with E-state index in [-0.39, 0.29) is 6.61 Å². The Morgan fingerprint density at radius 3 is 2.00 bits per heavy atom. The van der Waals surface area contributed by atoms with Gasteiger partial charge in [0.05, 0.1) is 6.61 Å². The lowest BCUT2D eigenvalue weighted by molar-refractivity contribution is -0.0206. The fraction of sp³-hybridized carbons (Fsp3) is 1.00. The first-order chi connectivity index (χ1) is 4.85. The molecule has 0 aromatic heterocycles. The number of rotatable bonds is 6. The summed E-state index contributed by atoms with van der Waals surface area (Å²) in [4.78, 5) is 1.85. The summed E-state index contributed by atoms with van der Waals surface area (Å²) in [6.45, 7) is 1.71. The van der Waals surface area contributed by atoms with Gasteiger partial charge in [0.1, 0.15) is 13.5 Å². The molecule has 0 aromatic rings. The molecule has 4 nitrogen and oxygen atoms in total. The van der Waals surface area contributed by atoms with Crippen LogP contribution in [-0.2, 0) is 9.47 Å². The van der Waals surface area contributed by atoms with Crippen molar-refractivity contribution in [3.05, 3.63) is 0 Å². The number of methoxy groups -OCH3 is 2. The van der Waals surface area contributed by atoms with Crippen LogP contribution in [0.1, 0.15) is 0 Å². The maximum atomic E-state index is 8.54. The zero-order valence-electron chi connectivity index (χ0n) is 6.54. The largest absolute Gasteiger partial charge is 0.395 e. The van der Waals surface area contributed by atoms with Gasteiger partial charge in [-0.15, -0.1) is 0 Å². The Balaban J connectivity index is 3.30. The Morgan fingerprint density at radius 1 is 1.20 bits per heavy atom. The highest BCUT2D eigenvalue weighted by Crippen LogP contribution is 1.86. The van der Waals surface area contributed by atoms with E-state index in [1.54, 1.807) is 14.2 Å². The van der Waals surface area contributed by atoms with Gasteiger partial charge in [0.2, 0.25) is 0 Å². The average Bonchev–Trinajstić information content (AvgIpc) is 1.90. The SMILES string of the molecule is COCN(CCO)COC. The van der Waals surface area contributed by atoms with E-state index in [1.165, 1.54) is 0 Å². The second-order valence-electron chi connectivity index (χ2n) is 1.95. The van der Waals surface area contributed by atoms with Crippen molar-refractivity contribution in [3.63, 3.8) is 0 Å². The van der Waals surface area contributed by atoms with Gasteiger partial charge in [0.15, 0.2) is 0 Å². The molecule has 0 amide bonds. The van der Waals surface area contributed by atoms with Crippen LogP contribution in [0.25, 0.3) is 0 Å². The molecule has 0 aliphatic carbocycles. The van der Waals surface area contributed by atoms with Crippen molar-refractivity contribution in [2.45, 2.75) is 0 Å². The van der Waals surface area contributed by atoms with Crippen molar-refractivity contribution in [1.82, 2.24) is 4.90 Å². The van der Waals surface area contributed by atoms with Crippen molar-refractivity contribution in [2.75, 3.05) is 40.8 Å². The number of aliphatic hydroxyl groups excluding tert-OH is 1. The lowest BCUT2D eigenvalue weighted by Gasteiger charge is -2.18. The standard InChI is InChI=1S/C6H15NO3/c1-9-5-7(3-4-8)6-10-2/h8H,3-6H2,1-2H3. The molecular formula is C6H15NO3. The third kappa shape index (κ3) is 4.69. The van der Waals surface area contributed by atoms with Gasteiger partial charge >= 0.3 is 0 Å². The van der Waals surface area contributed by atoms with Crippen LogP contribution in [0.3, 0.4) is 0 Å². The van der Waals surface area contributed by atoms with Crippen molar-refractivity contribution in [2.24, 2.45) is 0 Å². The van der Waals surface area contributed by atoms with Gasteiger partial charge in [-0.25, -0.2) is 0 Å². The average molecular weight is 149 g/mol. The van der Waals surface area contributed by atoms with Crippen LogP contribution in [0.2, 0.25) is 0 Å². The Kier molecular flexibility index (Phi) is 6.84. The molecule has 0 rings (SSSR count). The minimum Gasteiger partial charge on any atom is -0.395 e. The van der Waals surface area contributed by atoms with E-state index in [0.29, 0.717) is 20.0 Å². The monoisotopic (exact) mass is 149 g/mol. The Hall–Kier alpha value is -0.160. The molecule has 0 heterocycles. The first-order valence-corrected chi connectivity index (χ1v) is 3.16. The molecule has 0 aromatic carbocycles. The Morgan fingerprint density at radius 2 is 1.70 bits per heavy atom. The molecule has 0 saturated carbocycles. The van der Waals surface area contributed by atoms with Crippen LogP contribution in [0.15, 0.2) is 0 Å². The number of hydrogen-bond acceptors (Lipinski definition) is 4. The summed E-state index contributed by atoms with van der Waals surface area (Å²) in [5.41, 5.74) is 0. The summed E-state index contributed by atoms with van der Waals surface area (Å²) >= 11 is 0. The number of nitrogens with zero attached hydrogens (tertiary/aromatic N) is 1. The highest BCUT2D eigenvalue weighted by molar-refractivity contribution is 4.43. The molecule has 1 N–H and O–H groups in total. The van der Waals surface area contributed by atoms with E-state index in [4.69, 9.17) is 14.6 Å². The molecule has 62 valence electrons. The minimum absolute atomic E-state index is 0.132. The molecule has 0 unspecified atom stereocenters. The molecule has 0 saturated heterocycles. The van der Waals surface area contributed by atoms with Crippen LogP contribution in [-0.4, -0.2) is 50.8 Å². The number of aliphatic hydroxyl groups is 1. The molecule has 4 heteroatoms. The van der Waals surface area contributed by atoms with E-state index in [1.807, 2.05) is 4.90 Å². The summed E-state index contributed by atoms with van der Waals surface area (Å²) in [5.74, 6) is 0. The van der Waals surface area contributed by atoms with Gasteiger partial charge in [0.25, 0.3) is 0 Å². The quantitative estimate of drug-likeness (QED) is 0.516. The van der Waals surface area contributed by atoms with Crippen LogP contribution in [0.5, 0.6) is 0 Å². The van der Waals surface area contributed by atoms with Crippen molar-refractivity contribution < 1.29 is 14.6 Å². The molecule has 0 atom stereocenters. The zero-order chi connectivity index (χ0) is 7.82. The summed E-state index contributed by atoms with van der Waals surface area (Å²) in [7, 11) is 3.22. The second kappa shape index (κ2) is 6.95. The summed E-state index contributed by atoms with van der Waals surface area (Å²) in [6, 6.07) is 0. The van der Waals surface area contributed by atoms with Gasteiger partial charge in [-0.3, -0.25) is 4.90 Å². The smallest absolute Gasteiger partial charge is 0.100 e. The summed E-state index contributed by atoms with van der Waals surface area (Å²) in [5, 5.41) is 8.54. The summed E-state index contributed by atoms with van der Waals surface area (Å²) in [6.07, 6.45) is 0. The predicted molar refractivity (Wildman–Crippen MR) is 37.5 cm³/mol. The summed E-state index contributed by atoms with van der Waals surface area (Å²) < 4.78 is 9.69. The van der Waals surface area contributed by atoms with Gasteiger partial charge in [0, 0.05) is 20.8 Å². The van der Waals surface area contributed by atoms with E-state index >= 15 is 0 Å². The molecule has 0 fully saturated rings. The van der Waals surface area contributed by atoms with E-state index in [2.05, 4.69) is 0 Å². The van der Waals surface area contributed by atoms with E-state index < -0.39 is 0 Å². The van der Waals surface area contributed by atoms with Gasteiger partial charge in [-0.1, -0.05) is 0 Å². The van der Waals surface area contributed by atoms with Crippen molar-refractivity contribution in [1.29, 1.82) is 0 Å². The zero-order valence-corrected chi connectivity index (χ0v) is 6.54. The lowest BCUT2D eigenvalue weighted by atomic mass is 10.6. The predicted octanol–water partition coefficient (Wildman–Crippen LogP) is -0.511. The molecule has 10 heavy (non-hydrogen) atoms. The maximum Gasteiger partial charge on any atom is 0.100 e. The highest BCUT2D eigenvalue weighted by atomic mass is 16.5. The molecule has 0 aliphatic heterocycles. The van der Waals surface area contributed by atoms with Gasteiger partial charge in [-0.2, -0.15) is 0 Å². The van der Waals surface area contributed by atoms with Gasteiger partial charge < -0.3 is 14.6 Å². The molecule has 0 radical (unpaired) electrons. The Labute approximate surface area is 61.3 Å². The van der Waals surface area contributed by atoms with Crippen LogP contribution in [0, 0.1) is 0 Å². The van der Waals surface area contributed by atoms with Crippen LogP contribution in [0.4, 0.5) is 0 Å². The first-order valence-electron chi connectivity index (χ1n) is 3.16. The number of ether oxygens (including phenoxy) is 2.